The summed E-state index contributed by atoms with van der Waals surface area (Å²) in [5.74, 6) is 0.848. The van der Waals surface area contributed by atoms with Gasteiger partial charge in [-0.1, -0.05) is 13.0 Å². The van der Waals surface area contributed by atoms with Gasteiger partial charge in [0.15, 0.2) is 11.5 Å². The van der Waals surface area contributed by atoms with E-state index >= 15 is 0 Å². The molecule has 1 N–H and O–H groups in total. The molecule has 0 aromatic carbocycles. The van der Waals surface area contributed by atoms with Crippen LogP contribution < -0.4 is 5.32 Å². The topological polar surface area (TPSA) is 42.2 Å². The van der Waals surface area contributed by atoms with Gasteiger partial charge in [-0.25, -0.2) is 9.50 Å². The van der Waals surface area contributed by atoms with Crippen molar-refractivity contribution in [3.63, 3.8) is 0 Å². The third-order valence-corrected chi connectivity index (χ3v) is 2.13. The van der Waals surface area contributed by atoms with Crippen molar-refractivity contribution in [1.82, 2.24) is 19.9 Å². The second-order valence-electron chi connectivity index (χ2n) is 3.25. The molecule has 0 aliphatic heterocycles. The van der Waals surface area contributed by atoms with Crippen molar-refractivity contribution in [2.24, 2.45) is 0 Å². The van der Waals surface area contributed by atoms with Gasteiger partial charge in [0.2, 0.25) is 0 Å². The molecule has 2 aromatic rings. The van der Waals surface area contributed by atoms with Crippen molar-refractivity contribution < 1.29 is 0 Å². The van der Waals surface area contributed by atoms with Gasteiger partial charge in [-0.05, 0) is 25.6 Å². The maximum Gasteiger partial charge on any atom is 0.165 e. The first-order valence-electron chi connectivity index (χ1n) is 4.83. The molecule has 0 unspecified atom stereocenters. The lowest BCUT2D eigenvalue weighted by molar-refractivity contribution is 0.687. The second-order valence-corrected chi connectivity index (χ2v) is 3.25. The quantitative estimate of drug-likeness (QED) is 0.789. The summed E-state index contributed by atoms with van der Waals surface area (Å²) < 4.78 is 1.87. The summed E-state index contributed by atoms with van der Waals surface area (Å²) in [6.07, 6.45) is 0. The van der Waals surface area contributed by atoms with E-state index in [2.05, 4.69) is 22.3 Å². The van der Waals surface area contributed by atoms with E-state index in [0.29, 0.717) is 0 Å². The third-order valence-electron chi connectivity index (χ3n) is 2.13. The van der Waals surface area contributed by atoms with Gasteiger partial charge < -0.3 is 5.32 Å². The summed E-state index contributed by atoms with van der Waals surface area (Å²) in [6, 6.07) is 5.99. The van der Waals surface area contributed by atoms with E-state index in [1.165, 1.54) is 0 Å². The maximum absolute atomic E-state index is 4.40. The number of hydrogen-bond donors (Lipinski definition) is 1. The first kappa shape index (κ1) is 9.15. The smallest absolute Gasteiger partial charge is 0.165 e. The Morgan fingerprint density at radius 3 is 3.00 bits per heavy atom. The lowest BCUT2D eigenvalue weighted by Gasteiger charge is -1.94. The molecule has 0 spiro atoms. The van der Waals surface area contributed by atoms with Crippen LogP contribution in [-0.2, 0) is 6.54 Å². The van der Waals surface area contributed by atoms with Crippen LogP contribution in [0.5, 0.6) is 0 Å². The Morgan fingerprint density at radius 1 is 1.43 bits per heavy atom. The molecule has 2 aromatic heterocycles. The van der Waals surface area contributed by atoms with Crippen LogP contribution in [0.15, 0.2) is 18.2 Å². The molecule has 2 rings (SSSR count). The minimum absolute atomic E-state index is 0.734. The monoisotopic (exact) mass is 190 g/mol. The SMILES string of the molecule is CCNCc1nc2cccc(C)n2n1. The van der Waals surface area contributed by atoms with Gasteiger partial charge in [0.1, 0.15) is 0 Å². The van der Waals surface area contributed by atoms with E-state index in [0.717, 1.165) is 30.3 Å². The van der Waals surface area contributed by atoms with Crippen LogP contribution in [0, 0.1) is 6.92 Å². The molecule has 0 bridgehead atoms. The van der Waals surface area contributed by atoms with Crippen LogP contribution >= 0.6 is 0 Å². The van der Waals surface area contributed by atoms with Gasteiger partial charge in [0, 0.05) is 5.69 Å². The molecule has 0 aliphatic rings. The highest BCUT2D eigenvalue weighted by molar-refractivity contribution is 5.38. The number of nitrogens with one attached hydrogen (secondary N) is 1. The number of hydrogen-bond acceptors (Lipinski definition) is 3. The summed E-state index contributed by atoms with van der Waals surface area (Å²) in [7, 11) is 0. The zero-order chi connectivity index (χ0) is 9.97. The average molecular weight is 190 g/mol. The van der Waals surface area contributed by atoms with Gasteiger partial charge in [0.05, 0.1) is 6.54 Å². The van der Waals surface area contributed by atoms with Gasteiger partial charge in [0.25, 0.3) is 0 Å². The van der Waals surface area contributed by atoms with Crippen molar-refractivity contribution in [2.45, 2.75) is 20.4 Å². The average Bonchev–Trinajstić information content (AvgIpc) is 2.59. The van der Waals surface area contributed by atoms with E-state index in [-0.39, 0.29) is 0 Å². The molecule has 0 amide bonds. The van der Waals surface area contributed by atoms with Crippen LogP contribution in [0.2, 0.25) is 0 Å². The van der Waals surface area contributed by atoms with Crippen molar-refractivity contribution >= 4 is 5.65 Å². The van der Waals surface area contributed by atoms with Crippen LogP contribution in [0.3, 0.4) is 0 Å². The van der Waals surface area contributed by atoms with Gasteiger partial charge in [-0.3, -0.25) is 0 Å². The second kappa shape index (κ2) is 3.75. The fourth-order valence-electron chi connectivity index (χ4n) is 1.39. The minimum atomic E-state index is 0.734. The molecule has 14 heavy (non-hydrogen) atoms. The Morgan fingerprint density at radius 2 is 2.29 bits per heavy atom. The Kier molecular flexibility index (Phi) is 2.45. The standard InChI is InChI=1S/C10H14N4/c1-3-11-7-9-12-10-6-4-5-8(2)14(10)13-9/h4-6,11H,3,7H2,1-2H3. The maximum atomic E-state index is 4.40. The normalized spacial score (nSPS) is 11.0. The molecule has 74 valence electrons. The predicted molar refractivity (Wildman–Crippen MR) is 55.1 cm³/mol. The third kappa shape index (κ3) is 1.61. The fourth-order valence-corrected chi connectivity index (χ4v) is 1.39. The lowest BCUT2D eigenvalue weighted by atomic mass is 10.4. The summed E-state index contributed by atoms with van der Waals surface area (Å²) in [5, 5.41) is 7.60. The van der Waals surface area contributed by atoms with E-state index in [4.69, 9.17) is 0 Å². The highest BCUT2D eigenvalue weighted by Gasteiger charge is 2.03. The van der Waals surface area contributed by atoms with Gasteiger partial charge in [-0.15, -0.1) is 5.10 Å². The fraction of sp³-hybridized carbons (Fsp3) is 0.400. The molecule has 0 fully saturated rings. The lowest BCUT2D eigenvalue weighted by Crippen LogP contribution is -2.12. The number of pyridine rings is 1. The molecule has 2 heterocycles. The number of rotatable bonds is 3. The number of aromatic nitrogens is 3. The Labute approximate surface area is 83.0 Å². The molecule has 4 heteroatoms. The number of nitrogens with zero attached hydrogens (tertiary/aromatic N) is 3. The van der Waals surface area contributed by atoms with Crippen LogP contribution in [0.25, 0.3) is 5.65 Å². The summed E-state index contributed by atoms with van der Waals surface area (Å²) >= 11 is 0. The molecule has 0 saturated heterocycles. The van der Waals surface area contributed by atoms with Crippen molar-refractivity contribution in [2.75, 3.05) is 6.54 Å². The molecule has 0 atom stereocenters. The van der Waals surface area contributed by atoms with Crippen molar-refractivity contribution in [1.29, 1.82) is 0 Å². The zero-order valence-electron chi connectivity index (χ0n) is 8.49. The van der Waals surface area contributed by atoms with Crippen LogP contribution in [0.4, 0.5) is 0 Å². The highest BCUT2D eigenvalue weighted by Crippen LogP contribution is 2.04. The Hall–Kier alpha value is -1.42. The molecular formula is C10H14N4. The van der Waals surface area contributed by atoms with Gasteiger partial charge >= 0.3 is 0 Å². The van der Waals surface area contributed by atoms with Crippen LogP contribution in [-0.4, -0.2) is 21.1 Å². The molecule has 4 nitrogen and oxygen atoms in total. The van der Waals surface area contributed by atoms with E-state index in [9.17, 15) is 0 Å². The first-order valence-corrected chi connectivity index (χ1v) is 4.83. The molecular weight excluding hydrogens is 176 g/mol. The number of fused-ring (bicyclic) bond motifs is 1. The van der Waals surface area contributed by atoms with E-state index in [1.807, 2.05) is 29.6 Å². The summed E-state index contributed by atoms with van der Waals surface area (Å²) in [4.78, 5) is 4.40. The van der Waals surface area contributed by atoms with E-state index in [1.54, 1.807) is 0 Å². The summed E-state index contributed by atoms with van der Waals surface area (Å²) in [6.45, 7) is 5.77. The molecule has 0 saturated carbocycles. The van der Waals surface area contributed by atoms with Crippen LogP contribution in [0.1, 0.15) is 18.4 Å². The molecule has 0 radical (unpaired) electrons. The summed E-state index contributed by atoms with van der Waals surface area (Å²) in [5.41, 5.74) is 2.02. The zero-order valence-corrected chi connectivity index (χ0v) is 8.49. The minimum Gasteiger partial charge on any atom is -0.310 e. The number of aryl methyl sites for hydroxylation is 1. The van der Waals surface area contributed by atoms with Crippen molar-refractivity contribution in [3.05, 3.63) is 29.7 Å². The predicted octanol–water partition coefficient (Wildman–Crippen LogP) is 1.15. The van der Waals surface area contributed by atoms with Crippen molar-refractivity contribution in [3.8, 4) is 0 Å². The first-order chi connectivity index (χ1) is 6.81. The largest absolute Gasteiger partial charge is 0.310 e. The molecule has 0 aliphatic carbocycles. The highest BCUT2D eigenvalue weighted by atomic mass is 15.3. The van der Waals surface area contributed by atoms with Gasteiger partial charge in [-0.2, -0.15) is 0 Å². The Bertz CT molecular complexity index is 433. The Balaban J connectivity index is 2.36. The van der Waals surface area contributed by atoms with E-state index < -0.39 is 0 Å².